The molecule has 7 nitrogen and oxygen atoms in total. The number of likely N-dealkylation sites (tertiary alicyclic amines) is 1. The summed E-state index contributed by atoms with van der Waals surface area (Å²) in [7, 11) is 1.99. The first-order valence-electron chi connectivity index (χ1n) is 9.30. The predicted octanol–water partition coefficient (Wildman–Crippen LogP) is 1.13. The fourth-order valence-corrected chi connectivity index (χ4v) is 3.97. The van der Waals surface area contributed by atoms with Crippen molar-refractivity contribution in [3.63, 3.8) is 0 Å². The molecule has 3 rings (SSSR count). The third-order valence-corrected chi connectivity index (χ3v) is 5.48. The van der Waals surface area contributed by atoms with Crippen LogP contribution in [0.1, 0.15) is 30.1 Å². The summed E-state index contributed by atoms with van der Waals surface area (Å²) >= 11 is 0. The van der Waals surface area contributed by atoms with Gasteiger partial charge in [-0.05, 0) is 45.0 Å². The Bertz CT molecular complexity index is 666. The Morgan fingerprint density at radius 2 is 2.19 bits per heavy atom. The summed E-state index contributed by atoms with van der Waals surface area (Å²) in [6, 6.07) is 7.55. The van der Waals surface area contributed by atoms with E-state index in [1.807, 2.05) is 36.2 Å². The average molecular weight is 360 g/mol. The first-order chi connectivity index (χ1) is 12.5. The number of amides is 3. The summed E-state index contributed by atoms with van der Waals surface area (Å²) in [5.41, 5.74) is 1.37. The maximum atomic E-state index is 13.0. The van der Waals surface area contributed by atoms with Gasteiger partial charge in [0.05, 0.1) is 6.61 Å². The lowest BCUT2D eigenvalue weighted by Crippen LogP contribution is -2.46. The minimum atomic E-state index is -0.110. The molecule has 0 saturated carbocycles. The number of aliphatic hydroxyl groups is 1. The van der Waals surface area contributed by atoms with Crippen LogP contribution in [0.3, 0.4) is 0 Å². The van der Waals surface area contributed by atoms with Crippen LogP contribution in [0.5, 0.6) is 0 Å². The maximum absolute atomic E-state index is 13.0. The highest BCUT2D eigenvalue weighted by atomic mass is 16.3. The molecule has 142 valence electrons. The molecule has 3 amide bonds. The molecular formula is C19H28N4O3. The standard InChI is InChI=1S/C19H28N4O3/c1-14-17(21(2)11-12-24)7-10-22(14)18(25)15-5-3-6-16(13-15)23-9-4-8-20-19(23)26/h3,5-6,13-14,17,24H,4,7-12H2,1-2H3,(H,20,26)/t14-,17-/m1/s1. The molecule has 0 bridgehead atoms. The zero-order chi connectivity index (χ0) is 18.7. The van der Waals surface area contributed by atoms with E-state index in [2.05, 4.69) is 17.1 Å². The molecule has 2 heterocycles. The van der Waals surface area contributed by atoms with Gasteiger partial charge in [-0.15, -0.1) is 0 Å². The molecule has 2 saturated heterocycles. The van der Waals surface area contributed by atoms with E-state index in [-0.39, 0.29) is 30.6 Å². The third kappa shape index (κ3) is 3.68. The van der Waals surface area contributed by atoms with Crippen LogP contribution in [0.4, 0.5) is 10.5 Å². The van der Waals surface area contributed by atoms with Crippen molar-refractivity contribution in [1.29, 1.82) is 0 Å². The fourth-order valence-electron chi connectivity index (χ4n) is 3.97. The number of nitrogens with one attached hydrogen (secondary N) is 1. The van der Waals surface area contributed by atoms with Crippen molar-refractivity contribution in [2.75, 3.05) is 44.7 Å². The minimum absolute atomic E-state index is 0.00309. The Kier molecular flexibility index (Phi) is 5.78. The summed E-state index contributed by atoms with van der Waals surface area (Å²) in [4.78, 5) is 30.8. The van der Waals surface area contributed by atoms with Crippen LogP contribution in [0, 0.1) is 0 Å². The Morgan fingerprint density at radius 1 is 1.38 bits per heavy atom. The van der Waals surface area contributed by atoms with E-state index in [1.165, 1.54) is 0 Å². The number of carbonyl (C=O) groups excluding carboxylic acids is 2. The summed E-state index contributed by atoms with van der Waals surface area (Å²) in [5.74, 6) is -0.00309. The zero-order valence-corrected chi connectivity index (χ0v) is 15.5. The maximum Gasteiger partial charge on any atom is 0.321 e. The van der Waals surface area contributed by atoms with Crippen molar-refractivity contribution in [2.24, 2.45) is 0 Å². The number of aliphatic hydroxyl groups excluding tert-OH is 1. The van der Waals surface area contributed by atoms with Gasteiger partial charge in [-0.25, -0.2) is 4.79 Å². The average Bonchev–Trinajstić information content (AvgIpc) is 3.03. The second kappa shape index (κ2) is 8.05. The SMILES string of the molecule is C[C@@H]1[C@H](N(C)CCO)CCN1C(=O)c1cccc(N2CCCNC2=O)c1. The van der Waals surface area contributed by atoms with Crippen LogP contribution >= 0.6 is 0 Å². The van der Waals surface area contributed by atoms with E-state index in [9.17, 15) is 9.59 Å². The van der Waals surface area contributed by atoms with Crippen LogP contribution < -0.4 is 10.2 Å². The number of anilines is 1. The molecule has 0 radical (unpaired) electrons. The monoisotopic (exact) mass is 360 g/mol. The lowest BCUT2D eigenvalue weighted by Gasteiger charge is -2.31. The smallest absolute Gasteiger partial charge is 0.321 e. The Labute approximate surface area is 154 Å². The molecule has 7 heteroatoms. The highest BCUT2D eigenvalue weighted by molar-refractivity contribution is 5.98. The molecule has 26 heavy (non-hydrogen) atoms. The number of likely N-dealkylation sites (N-methyl/N-ethyl adjacent to an activating group) is 1. The van der Waals surface area contributed by atoms with E-state index < -0.39 is 0 Å². The first kappa shape index (κ1) is 18.7. The van der Waals surface area contributed by atoms with Crippen molar-refractivity contribution in [3.05, 3.63) is 29.8 Å². The highest BCUT2D eigenvalue weighted by Crippen LogP contribution is 2.25. The molecule has 1 aromatic rings. The Morgan fingerprint density at radius 3 is 2.92 bits per heavy atom. The van der Waals surface area contributed by atoms with Crippen molar-refractivity contribution >= 4 is 17.6 Å². The lowest BCUT2D eigenvalue weighted by atomic mass is 10.1. The van der Waals surface area contributed by atoms with E-state index >= 15 is 0 Å². The van der Waals surface area contributed by atoms with Gasteiger partial charge in [0.1, 0.15) is 0 Å². The summed E-state index contributed by atoms with van der Waals surface area (Å²) in [5, 5.41) is 12.0. The number of hydrogen-bond acceptors (Lipinski definition) is 4. The fraction of sp³-hybridized carbons (Fsp3) is 0.579. The van der Waals surface area contributed by atoms with Gasteiger partial charge < -0.3 is 15.3 Å². The quantitative estimate of drug-likeness (QED) is 0.825. The molecule has 2 fully saturated rings. The van der Waals surface area contributed by atoms with E-state index in [4.69, 9.17) is 5.11 Å². The molecule has 0 spiro atoms. The molecule has 2 aliphatic heterocycles. The molecule has 0 aliphatic carbocycles. The number of benzene rings is 1. The number of hydrogen-bond donors (Lipinski definition) is 2. The number of urea groups is 1. The number of carbonyl (C=O) groups is 2. The number of nitrogens with zero attached hydrogens (tertiary/aromatic N) is 3. The van der Waals surface area contributed by atoms with Gasteiger partial charge in [0, 0.05) is 49.5 Å². The molecule has 0 aromatic heterocycles. The molecule has 0 unspecified atom stereocenters. The van der Waals surface area contributed by atoms with Crippen molar-refractivity contribution in [3.8, 4) is 0 Å². The largest absolute Gasteiger partial charge is 0.395 e. The molecule has 1 aromatic carbocycles. The van der Waals surface area contributed by atoms with Gasteiger partial charge in [0.15, 0.2) is 0 Å². The molecule has 2 atom stereocenters. The van der Waals surface area contributed by atoms with E-state index in [1.54, 1.807) is 4.90 Å². The Balaban J connectivity index is 1.74. The van der Waals surface area contributed by atoms with Crippen LogP contribution in [-0.4, -0.2) is 78.8 Å². The van der Waals surface area contributed by atoms with Crippen LogP contribution in [0.15, 0.2) is 24.3 Å². The third-order valence-electron chi connectivity index (χ3n) is 5.48. The zero-order valence-electron chi connectivity index (χ0n) is 15.5. The molecule has 2 N–H and O–H groups in total. The van der Waals surface area contributed by atoms with Crippen LogP contribution in [0.2, 0.25) is 0 Å². The lowest BCUT2D eigenvalue weighted by molar-refractivity contribution is 0.0706. The topological polar surface area (TPSA) is 76.1 Å². The number of rotatable bonds is 5. The van der Waals surface area contributed by atoms with Gasteiger partial charge in [0.2, 0.25) is 0 Å². The minimum Gasteiger partial charge on any atom is -0.395 e. The second-order valence-corrected chi connectivity index (χ2v) is 7.09. The predicted molar refractivity (Wildman–Crippen MR) is 100 cm³/mol. The molecular weight excluding hydrogens is 332 g/mol. The normalized spacial score (nSPS) is 23.5. The van der Waals surface area contributed by atoms with E-state index in [0.717, 1.165) is 18.5 Å². The second-order valence-electron chi connectivity index (χ2n) is 7.09. The van der Waals surface area contributed by atoms with Gasteiger partial charge in [0.25, 0.3) is 5.91 Å². The van der Waals surface area contributed by atoms with Gasteiger partial charge in [-0.2, -0.15) is 0 Å². The van der Waals surface area contributed by atoms with Crippen molar-refractivity contribution in [2.45, 2.75) is 31.8 Å². The van der Waals surface area contributed by atoms with Crippen LogP contribution in [0.25, 0.3) is 0 Å². The Hall–Kier alpha value is -2.12. The van der Waals surface area contributed by atoms with Gasteiger partial charge in [-0.1, -0.05) is 6.07 Å². The van der Waals surface area contributed by atoms with Crippen LogP contribution in [-0.2, 0) is 0 Å². The van der Waals surface area contributed by atoms with Crippen molar-refractivity contribution in [1.82, 2.24) is 15.1 Å². The first-order valence-corrected chi connectivity index (χ1v) is 9.30. The van der Waals surface area contributed by atoms with Gasteiger partial charge in [-0.3, -0.25) is 14.6 Å². The van der Waals surface area contributed by atoms with E-state index in [0.29, 0.717) is 31.7 Å². The summed E-state index contributed by atoms with van der Waals surface area (Å²) in [6.45, 7) is 4.85. The molecule has 2 aliphatic rings. The highest BCUT2D eigenvalue weighted by Gasteiger charge is 2.36. The van der Waals surface area contributed by atoms with Crippen molar-refractivity contribution < 1.29 is 14.7 Å². The van der Waals surface area contributed by atoms with Gasteiger partial charge >= 0.3 is 6.03 Å². The summed E-state index contributed by atoms with van der Waals surface area (Å²) < 4.78 is 0. The summed E-state index contributed by atoms with van der Waals surface area (Å²) in [6.07, 6.45) is 1.80.